The third-order valence-corrected chi connectivity index (χ3v) is 5.52. The van der Waals surface area contributed by atoms with E-state index in [1.165, 1.54) is 0 Å². The number of hydrogen-bond donors (Lipinski definition) is 3. The lowest BCUT2D eigenvalue weighted by Crippen LogP contribution is -2.26. The number of benzene rings is 1. The van der Waals surface area contributed by atoms with E-state index in [0.717, 1.165) is 10.7 Å². The lowest BCUT2D eigenvalue weighted by molar-refractivity contribution is -0.121. The van der Waals surface area contributed by atoms with E-state index in [9.17, 15) is 9.59 Å². The first kappa shape index (κ1) is 21.2. The summed E-state index contributed by atoms with van der Waals surface area (Å²) in [5, 5.41) is 15.2. The van der Waals surface area contributed by atoms with E-state index in [4.69, 9.17) is 23.8 Å². The van der Waals surface area contributed by atoms with Crippen molar-refractivity contribution in [2.45, 2.75) is 25.8 Å². The highest BCUT2D eigenvalue weighted by atomic mass is 35.5. The number of nitrogens with zero attached hydrogens (tertiary/aromatic N) is 2. The predicted octanol–water partition coefficient (Wildman–Crippen LogP) is 4.25. The molecule has 2 amide bonds. The summed E-state index contributed by atoms with van der Waals surface area (Å²) in [4.78, 5) is 25.0. The molecule has 0 atom stereocenters. The Morgan fingerprint density at radius 1 is 1.17 bits per heavy atom. The Bertz CT molecular complexity index is 1010. The zero-order chi connectivity index (χ0) is 20.6. The van der Waals surface area contributed by atoms with Gasteiger partial charge in [0.2, 0.25) is 11.8 Å². The van der Waals surface area contributed by atoms with Crippen LogP contribution in [-0.2, 0) is 16.1 Å². The first-order chi connectivity index (χ1) is 14.0. The van der Waals surface area contributed by atoms with Gasteiger partial charge < -0.3 is 10.6 Å². The van der Waals surface area contributed by atoms with Crippen LogP contribution in [-0.4, -0.2) is 33.1 Å². The number of halogens is 1. The average Bonchev–Trinajstić information content (AvgIpc) is 3.35. The van der Waals surface area contributed by atoms with Crippen LogP contribution in [0.2, 0.25) is 5.02 Å². The zero-order valence-electron chi connectivity index (χ0n) is 15.5. The van der Waals surface area contributed by atoms with Crippen molar-refractivity contribution in [2.75, 3.05) is 11.9 Å². The molecule has 0 bridgehead atoms. The van der Waals surface area contributed by atoms with Crippen LogP contribution < -0.4 is 10.6 Å². The van der Waals surface area contributed by atoms with Crippen molar-refractivity contribution < 1.29 is 9.59 Å². The summed E-state index contributed by atoms with van der Waals surface area (Å²) in [6, 6.07) is 10.8. The fourth-order valence-corrected chi connectivity index (χ4v) is 3.73. The van der Waals surface area contributed by atoms with Crippen molar-refractivity contribution in [1.29, 1.82) is 0 Å². The second-order valence-corrected chi connectivity index (χ2v) is 8.01. The van der Waals surface area contributed by atoms with E-state index in [-0.39, 0.29) is 18.2 Å². The van der Waals surface area contributed by atoms with E-state index in [2.05, 4.69) is 20.8 Å². The normalized spacial score (nSPS) is 10.7. The van der Waals surface area contributed by atoms with E-state index in [0.29, 0.717) is 41.4 Å². The second-order valence-electron chi connectivity index (χ2n) is 6.24. The van der Waals surface area contributed by atoms with Crippen LogP contribution in [0.25, 0.3) is 10.7 Å². The summed E-state index contributed by atoms with van der Waals surface area (Å²) < 4.78 is 2.31. The van der Waals surface area contributed by atoms with Crippen LogP contribution >= 0.6 is 35.2 Å². The Morgan fingerprint density at radius 2 is 1.97 bits per heavy atom. The zero-order valence-corrected chi connectivity index (χ0v) is 17.9. The topological polar surface area (TPSA) is 91.8 Å². The summed E-state index contributed by atoms with van der Waals surface area (Å²) in [6.07, 6.45) is 1.15. The SMILES string of the molecule is O=C(CCn1c(-c2cccs2)n[nH]c1=S)NCCCC(=O)Nc1ccc(Cl)cc1. The van der Waals surface area contributed by atoms with Crippen molar-refractivity contribution in [3.63, 3.8) is 0 Å². The van der Waals surface area contributed by atoms with E-state index < -0.39 is 0 Å². The lowest BCUT2D eigenvalue weighted by atomic mass is 10.2. The third-order valence-electron chi connectivity index (χ3n) is 4.09. The minimum atomic E-state index is -0.105. The predicted molar refractivity (Wildman–Crippen MR) is 118 cm³/mol. The molecular weight excluding hydrogens is 430 g/mol. The van der Waals surface area contributed by atoms with Gasteiger partial charge in [0.15, 0.2) is 10.6 Å². The molecular formula is C19H20ClN5O2S2. The maximum Gasteiger partial charge on any atom is 0.224 e. The van der Waals surface area contributed by atoms with Crippen LogP contribution in [0.5, 0.6) is 0 Å². The lowest BCUT2D eigenvalue weighted by Gasteiger charge is -2.08. The molecule has 3 aromatic rings. The van der Waals surface area contributed by atoms with Gasteiger partial charge in [-0.2, -0.15) is 5.10 Å². The number of carbonyl (C=O) groups is 2. The molecule has 3 rings (SSSR count). The number of rotatable bonds is 9. The molecule has 2 heterocycles. The Balaban J connectivity index is 1.38. The molecule has 7 nitrogen and oxygen atoms in total. The van der Waals surface area contributed by atoms with Gasteiger partial charge in [0.1, 0.15) is 0 Å². The third kappa shape index (κ3) is 6.25. The summed E-state index contributed by atoms with van der Waals surface area (Å²) in [5.74, 6) is 0.534. The van der Waals surface area contributed by atoms with Crippen LogP contribution in [0.15, 0.2) is 41.8 Å². The number of hydrogen-bond acceptors (Lipinski definition) is 5. The first-order valence-electron chi connectivity index (χ1n) is 9.04. The minimum Gasteiger partial charge on any atom is -0.356 e. The summed E-state index contributed by atoms with van der Waals surface area (Å²) >= 11 is 12.6. The standard InChI is InChI=1S/C19H20ClN5O2S2/c20-13-5-7-14(8-6-13)22-17(27)4-1-10-21-16(26)9-11-25-18(23-24-19(25)28)15-3-2-12-29-15/h2-3,5-8,12H,1,4,9-11H2,(H,21,26)(H,22,27)(H,24,28). The fraction of sp³-hybridized carbons (Fsp3) is 0.263. The maximum absolute atomic E-state index is 12.1. The number of thiophene rings is 1. The molecule has 29 heavy (non-hydrogen) atoms. The summed E-state index contributed by atoms with van der Waals surface area (Å²) in [6.45, 7) is 0.868. The van der Waals surface area contributed by atoms with Crippen LogP contribution in [0, 0.1) is 4.77 Å². The molecule has 0 saturated heterocycles. The number of aromatic nitrogens is 3. The smallest absolute Gasteiger partial charge is 0.224 e. The number of carbonyl (C=O) groups excluding carboxylic acids is 2. The van der Waals surface area contributed by atoms with Crippen molar-refractivity contribution >= 4 is 52.7 Å². The van der Waals surface area contributed by atoms with Gasteiger partial charge in [0.25, 0.3) is 0 Å². The van der Waals surface area contributed by atoms with Crippen LogP contribution in [0.1, 0.15) is 19.3 Å². The molecule has 0 spiro atoms. The van der Waals surface area contributed by atoms with Gasteiger partial charge in [0.05, 0.1) is 4.88 Å². The highest BCUT2D eigenvalue weighted by molar-refractivity contribution is 7.71. The molecule has 0 aliphatic heterocycles. The highest BCUT2D eigenvalue weighted by Gasteiger charge is 2.11. The summed E-state index contributed by atoms with van der Waals surface area (Å²) in [7, 11) is 0. The van der Waals surface area contributed by atoms with Gasteiger partial charge in [-0.1, -0.05) is 17.7 Å². The average molecular weight is 450 g/mol. The van der Waals surface area contributed by atoms with E-state index in [1.807, 2.05) is 22.1 Å². The molecule has 10 heteroatoms. The van der Waals surface area contributed by atoms with Crippen molar-refractivity contribution in [2.24, 2.45) is 0 Å². The molecule has 152 valence electrons. The molecule has 0 aliphatic carbocycles. The van der Waals surface area contributed by atoms with Gasteiger partial charge in [-0.15, -0.1) is 11.3 Å². The van der Waals surface area contributed by atoms with Gasteiger partial charge in [-0.05, 0) is 54.4 Å². The molecule has 0 radical (unpaired) electrons. The number of H-pyrrole nitrogens is 1. The quantitative estimate of drug-likeness (QED) is 0.336. The molecule has 0 fully saturated rings. The molecule has 3 N–H and O–H groups in total. The Labute approximate surface area is 182 Å². The molecule has 2 aromatic heterocycles. The van der Waals surface area contributed by atoms with Gasteiger partial charge in [-0.25, -0.2) is 0 Å². The van der Waals surface area contributed by atoms with Gasteiger partial charge in [-0.3, -0.25) is 19.3 Å². The first-order valence-corrected chi connectivity index (χ1v) is 10.7. The van der Waals surface area contributed by atoms with Crippen LogP contribution in [0.3, 0.4) is 0 Å². The Hall–Kier alpha value is -2.49. The second kappa shape index (κ2) is 10.3. The monoisotopic (exact) mass is 449 g/mol. The molecule has 0 saturated carbocycles. The minimum absolute atomic E-state index is 0.0941. The Morgan fingerprint density at radius 3 is 2.69 bits per heavy atom. The highest BCUT2D eigenvalue weighted by Crippen LogP contribution is 2.22. The van der Waals surface area contributed by atoms with E-state index in [1.54, 1.807) is 35.6 Å². The number of nitrogens with one attached hydrogen (secondary N) is 3. The molecule has 0 aliphatic rings. The van der Waals surface area contributed by atoms with Gasteiger partial charge >= 0.3 is 0 Å². The fourth-order valence-electron chi connectivity index (χ4n) is 2.65. The molecule has 0 unspecified atom stereocenters. The number of anilines is 1. The van der Waals surface area contributed by atoms with Crippen molar-refractivity contribution in [3.8, 4) is 10.7 Å². The van der Waals surface area contributed by atoms with Gasteiger partial charge in [0, 0.05) is 36.6 Å². The molecule has 1 aromatic carbocycles. The van der Waals surface area contributed by atoms with Crippen molar-refractivity contribution in [3.05, 3.63) is 51.6 Å². The maximum atomic E-state index is 12.1. The van der Waals surface area contributed by atoms with Crippen molar-refractivity contribution in [1.82, 2.24) is 20.1 Å². The number of aromatic amines is 1. The number of amides is 2. The van der Waals surface area contributed by atoms with E-state index >= 15 is 0 Å². The summed E-state index contributed by atoms with van der Waals surface area (Å²) in [5.41, 5.74) is 0.696. The largest absolute Gasteiger partial charge is 0.356 e. The van der Waals surface area contributed by atoms with Crippen LogP contribution in [0.4, 0.5) is 5.69 Å². The Kier molecular flexibility index (Phi) is 7.56.